The van der Waals surface area contributed by atoms with Crippen LogP contribution in [0.15, 0.2) is 24.8 Å². The van der Waals surface area contributed by atoms with Crippen LogP contribution >= 0.6 is 0 Å². The van der Waals surface area contributed by atoms with Crippen LogP contribution in [-0.2, 0) is 0 Å². The first-order valence-electron chi connectivity index (χ1n) is 6.10. The zero-order valence-corrected chi connectivity index (χ0v) is 8.97. The predicted octanol–water partition coefficient (Wildman–Crippen LogP) is 3.95. The quantitative estimate of drug-likeness (QED) is 0.547. The highest BCUT2D eigenvalue weighted by Crippen LogP contribution is 2.67. The molecule has 0 spiro atoms. The van der Waals surface area contributed by atoms with Gasteiger partial charge in [-0.25, -0.2) is 0 Å². The highest BCUT2D eigenvalue weighted by Gasteiger charge is 2.58. The second-order valence-corrected chi connectivity index (χ2v) is 5.51. The number of allylic oxidation sites excluding steroid dienone is 2. The summed E-state index contributed by atoms with van der Waals surface area (Å²) >= 11 is 0. The molecule has 3 rings (SSSR count). The van der Waals surface area contributed by atoms with Crippen molar-refractivity contribution < 1.29 is 0 Å². The van der Waals surface area contributed by atoms with Crippen molar-refractivity contribution in [2.24, 2.45) is 23.2 Å². The average molecular weight is 188 g/mol. The topological polar surface area (TPSA) is 0 Å². The van der Waals surface area contributed by atoms with Gasteiger partial charge in [-0.1, -0.05) is 18.2 Å². The van der Waals surface area contributed by atoms with E-state index in [-0.39, 0.29) is 0 Å². The summed E-state index contributed by atoms with van der Waals surface area (Å²) in [5.41, 5.74) is 2.08. The van der Waals surface area contributed by atoms with Crippen molar-refractivity contribution in [3.05, 3.63) is 24.8 Å². The van der Waals surface area contributed by atoms with Crippen LogP contribution in [0.25, 0.3) is 0 Å². The lowest BCUT2D eigenvalue weighted by molar-refractivity contribution is 0.125. The van der Waals surface area contributed by atoms with E-state index >= 15 is 0 Å². The van der Waals surface area contributed by atoms with Gasteiger partial charge in [0, 0.05) is 5.41 Å². The molecule has 76 valence electrons. The van der Waals surface area contributed by atoms with Gasteiger partial charge in [-0.3, -0.25) is 0 Å². The molecule has 2 bridgehead atoms. The van der Waals surface area contributed by atoms with Crippen molar-refractivity contribution in [2.75, 3.05) is 0 Å². The Morgan fingerprint density at radius 3 is 2.86 bits per heavy atom. The first kappa shape index (κ1) is 8.76. The van der Waals surface area contributed by atoms with Crippen LogP contribution < -0.4 is 0 Å². The summed E-state index contributed by atoms with van der Waals surface area (Å²) in [5, 5.41) is 0. The predicted molar refractivity (Wildman–Crippen MR) is 59.9 cm³/mol. The lowest BCUT2D eigenvalue weighted by atomic mass is 9.61. The Hall–Kier alpha value is -0.520. The van der Waals surface area contributed by atoms with E-state index in [4.69, 9.17) is 0 Å². The van der Waals surface area contributed by atoms with Crippen LogP contribution in [0.2, 0.25) is 0 Å². The molecule has 0 radical (unpaired) electrons. The normalized spacial score (nSPS) is 50.6. The molecule has 0 N–H and O–H groups in total. The van der Waals surface area contributed by atoms with Gasteiger partial charge in [0.15, 0.2) is 0 Å². The van der Waals surface area contributed by atoms with Crippen LogP contribution in [0, 0.1) is 23.2 Å². The van der Waals surface area contributed by atoms with Crippen LogP contribution in [0.1, 0.15) is 38.5 Å². The second-order valence-electron chi connectivity index (χ2n) is 5.51. The van der Waals surface area contributed by atoms with E-state index in [0.717, 1.165) is 17.8 Å². The highest BCUT2D eigenvalue weighted by molar-refractivity contribution is 5.27. The van der Waals surface area contributed by atoms with Crippen molar-refractivity contribution in [2.45, 2.75) is 38.5 Å². The maximum atomic E-state index is 4.36. The Labute approximate surface area is 87.1 Å². The molecule has 0 nitrogen and oxygen atoms in total. The summed E-state index contributed by atoms with van der Waals surface area (Å²) in [4.78, 5) is 0. The Morgan fingerprint density at radius 2 is 2.07 bits per heavy atom. The van der Waals surface area contributed by atoms with Gasteiger partial charge < -0.3 is 0 Å². The molecular formula is C14H20. The van der Waals surface area contributed by atoms with E-state index in [1.165, 1.54) is 38.5 Å². The SMILES string of the molecule is C=C[C@H]1CC[C@@H]2CC[C@]13C(=C)CC[C@@H]23. The first-order chi connectivity index (χ1) is 6.79. The van der Waals surface area contributed by atoms with Gasteiger partial charge in [0.25, 0.3) is 0 Å². The molecule has 0 saturated heterocycles. The molecule has 0 heteroatoms. The van der Waals surface area contributed by atoms with Gasteiger partial charge in [-0.15, -0.1) is 6.58 Å². The van der Waals surface area contributed by atoms with Crippen molar-refractivity contribution in [1.82, 2.24) is 0 Å². The third-order valence-corrected chi connectivity index (χ3v) is 5.37. The molecule has 3 fully saturated rings. The molecule has 0 unspecified atom stereocenters. The smallest absolute Gasteiger partial charge is 0.000288 e. The summed E-state index contributed by atoms with van der Waals surface area (Å²) in [5.74, 6) is 2.76. The summed E-state index contributed by atoms with van der Waals surface area (Å²) in [6, 6.07) is 0. The zero-order valence-electron chi connectivity index (χ0n) is 8.97. The molecule has 14 heavy (non-hydrogen) atoms. The van der Waals surface area contributed by atoms with Crippen LogP contribution in [-0.4, -0.2) is 0 Å². The van der Waals surface area contributed by atoms with Crippen molar-refractivity contribution >= 4 is 0 Å². The second kappa shape index (κ2) is 2.74. The minimum atomic E-state index is 0.519. The van der Waals surface area contributed by atoms with E-state index in [9.17, 15) is 0 Å². The van der Waals surface area contributed by atoms with Gasteiger partial charge in [-0.2, -0.15) is 0 Å². The Morgan fingerprint density at radius 1 is 1.21 bits per heavy atom. The Bertz CT molecular complexity index is 286. The maximum Gasteiger partial charge on any atom is 0.000288 e. The number of hydrogen-bond acceptors (Lipinski definition) is 0. The van der Waals surface area contributed by atoms with Crippen LogP contribution in [0.4, 0.5) is 0 Å². The van der Waals surface area contributed by atoms with E-state index < -0.39 is 0 Å². The minimum Gasteiger partial charge on any atom is -0.103 e. The lowest BCUT2D eigenvalue weighted by Crippen LogP contribution is -2.35. The Balaban J connectivity index is 2.07. The van der Waals surface area contributed by atoms with Crippen molar-refractivity contribution in [3.8, 4) is 0 Å². The lowest BCUT2D eigenvalue weighted by Gasteiger charge is -2.43. The molecule has 3 saturated carbocycles. The van der Waals surface area contributed by atoms with Gasteiger partial charge >= 0.3 is 0 Å². The molecule has 4 atom stereocenters. The van der Waals surface area contributed by atoms with Crippen molar-refractivity contribution in [1.29, 1.82) is 0 Å². The molecule has 3 aliphatic carbocycles. The van der Waals surface area contributed by atoms with E-state index in [1.807, 2.05) is 0 Å². The van der Waals surface area contributed by atoms with Gasteiger partial charge in [-0.05, 0) is 56.3 Å². The molecule has 0 aromatic heterocycles. The molecule has 0 heterocycles. The molecular weight excluding hydrogens is 168 g/mol. The Kier molecular flexibility index (Phi) is 1.72. The third kappa shape index (κ3) is 0.809. The van der Waals surface area contributed by atoms with Gasteiger partial charge in [0.05, 0.1) is 0 Å². The number of hydrogen-bond donors (Lipinski definition) is 0. The maximum absolute atomic E-state index is 4.36. The summed E-state index contributed by atoms with van der Waals surface area (Å²) < 4.78 is 0. The van der Waals surface area contributed by atoms with Gasteiger partial charge in [0.2, 0.25) is 0 Å². The summed E-state index contributed by atoms with van der Waals surface area (Å²) in [6.07, 6.45) is 10.7. The fraction of sp³-hybridized carbons (Fsp3) is 0.714. The standard InChI is InChI=1S/C14H20/c1-3-12-6-5-11-8-9-14(12)10(2)4-7-13(11)14/h3,11-13H,1-2,4-9H2/t11-,12+,13+,14+/m1/s1. The summed E-state index contributed by atoms with van der Waals surface area (Å²) in [7, 11) is 0. The molecule has 3 aliphatic rings. The van der Waals surface area contributed by atoms with E-state index in [1.54, 1.807) is 5.57 Å². The van der Waals surface area contributed by atoms with E-state index in [0.29, 0.717) is 5.41 Å². The third-order valence-electron chi connectivity index (χ3n) is 5.37. The number of rotatable bonds is 1. The van der Waals surface area contributed by atoms with Crippen LogP contribution in [0.3, 0.4) is 0 Å². The largest absolute Gasteiger partial charge is 0.103 e. The highest BCUT2D eigenvalue weighted by atomic mass is 14.6. The van der Waals surface area contributed by atoms with Gasteiger partial charge in [0.1, 0.15) is 0 Å². The zero-order chi connectivity index (χ0) is 9.76. The fourth-order valence-corrected chi connectivity index (χ4v) is 4.77. The average Bonchev–Trinajstić information content (AvgIpc) is 2.64. The van der Waals surface area contributed by atoms with Crippen LogP contribution in [0.5, 0.6) is 0 Å². The van der Waals surface area contributed by atoms with Crippen molar-refractivity contribution in [3.63, 3.8) is 0 Å². The fourth-order valence-electron chi connectivity index (χ4n) is 4.77. The molecule has 0 aliphatic heterocycles. The monoisotopic (exact) mass is 188 g/mol. The molecule has 0 aromatic rings. The summed E-state index contributed by atoms with van der Waals surface area (Å²) in [6.45, 7) is 8.41. The molecule has 0 aromatic carbocycles. The first-order valence-corrected chi connectivity index (χ1v) is 6.10. The van der Waals surface area contributed by atoms with E-state index in [2.05, 4.69) is 19.2 Å². The molecule has 0 amide bonds. The minimum absolute atomic E-state index is 0.519.